The molecule has 232 valence electrons. The molecule has 6 rings (SSSR count). The first-order chi connectivity index (χ1) is 20.4. The van der Waals surface area contributed by atoms with Crippen LogP contribution in [0.4, 0.5) is 10.1 Å². The Hall–Kier alpha value is -2.10. The number of ether oxygens (including phenoxy) is 1. The van der Waals surface area contributed by atoms with Gasteiger partial charge >= 0.3 is 0 Å². The van der Waals surface area contributed by atoms with Crippen molar-refractivity contribution >= 4 is 40.6 Å². The lowest BCUT2D eigenvalue weighted by atomic mass is 9.51. The average Bonchev–Trinajstić information content (AvgIpc) is 3.44. The molecule has 10 heteroatoms. The Balaban J connectivity index is 1.46. The molecule has 2 spiro atoms. The minimum atomic E-state index is -1.20. The second kappa shape index (κ2) is 11.4. The molecule has 3 fully saturated rings. The third-order valence-corrected chi connectivity index (χ3v) is 11.5. The second-order valence-electron chi connectivity index (χ2n) is 13.9. The van der Waals surface area contributed by atoms with Gasteiger partial charge < -0.3 is 20.3 Å². The van der Waals surface area contributed by atoms with Crippen molar-refractivity contribution in [2.24, 2.45) is 22.7 Å². The third kappa shape index (κ3) is 5.02. The topological polar surface area (TPSA) is 109 Å². The van der Waals surface area contributed by atoms with Gasteiger partial charge in [0.25, 0.3) is 0 Å². The number of benzene rings is 1. The summed E-state index contributed by atoms with van der Waals surface area (Å²) in [5, 5.41) is 22.6. The number of pyridine rings is 1. The number of carbonyl (C=O) groups excluding carboxylic acids is 2. The van der Waals surface area contributed by atoms with Gasteiger partial charge in [0.05, 0.1) is 24.7 Å². The predicted octanol–water partition coefficient (Wildman–Crippen LogP) is 6.22. The van der Waals surface area contributed by atoms with E-state index in [1.165, 1.54) is 6.20 Å². The highest BCUT2D eigenvalue weighted by atomic mass is 35.5. The SMILES string of the molecule is CC1(C)CCC2(CC1)C[C@@H](C(=O)C[C@@H]1CC[C@@H](C(O)CO)OC1)[C@H](c1ccnc(Cl)c1F)[C@]21C(=O)Nc2cc(Cl)ccc21. The number of halogens is 3. The van der Waals surface area contributed by atoms with Crippen LogP contribution in [0.3, 0.4) is 0 Å². The van der Waals surface area contributed by atoms with E-state index in [2.05, 4.69) is 24.1 Å². The molecule has 7 nitrogen and oxygen atoms in total. The van der Waals surface area contributed by atoms with Gasteiger partial charge in [0.15, 0.2) is 11.0 Å². The van der Waals surface area contributed by atoms with Gasteiger partial charge in [-0.3, -0.25) is 9.59 Å². The van der Waals surface area contributed by atoms with Crippen LogP contribution in [0.1, 0.15) is 82.3 Å². The van der Waals surface area contributed by atoms with E-state index in [1.54, 1.807) is 18.2 Å². The van der Waals surface area contributed by atoms with E-state index in [0.29, 0.717) is 30.0 Å². The molecular weight excluding hydrogens is 594 g/mol. The van der Waals surface area contributed by atoms with E-state index in [-0.39, 0.29) is 53.4 Å². The maximum atomic E-state index is 16.1. The fourth-order valence-electron chi connectivity index (χ4n) is 8.74. The molecule has 1 unspecified atom stereocenters. The standard InChI is InChI=1S/C33H39Cl2FN2O5/c1-31(2)8-10-32(11-9-31)15-21(24(40)13-18-3-6-26(43-17-18)25(41)16-39)27(20-7-12-37-29(35)28(20)36)33(32)22-5-4-19(34)14-23(22)38-30(33)42/h4-5,7,12,14,18,21,25-27,39,41H,3,6,8-11,13,15-17H2,1-2H3,(H,38,42)/t18-,21-,25?,26-,27-,33+/m0/s1. The number of hydrogen-bond donors (Lipinski definition) is 3. The number of Topliss-reactive ketones (excluding diaryl/α,β-unsaturated/α-hetero) is 1. The van der Waals surface area contributed by atoms with Crippen LogP contribution in [-0.4, -0.2) is 52.3 Å². The fourth-order valence-corrected chi connectivity index (χ4v) is 9.08. The van der Waals surface area contributed by atoms with E-state index in [4.69, 9.17) is 27.9 Å². The summed E-state index contributed by atoms with van der Waals surface area (Å²) in [5.41, 5.74) is -0.0931. The lowest BCUT2D eigenvalue weighted by Gasteiger charge is -2.51. The molecule has 6 atom stereocenters. The van der Waals surface area contributed by atoms with E-state index >= 15 is 4.39 Å². The number of aromatic nitrogens is 1. The summed E-state index contributed by atoms with van der Waals surface area (Å²) >= 11 is 12.6. The molecule has 0 bridgehead atoms. The van der Waals surface area contributed by atoms with Gasteiger partial charge in [-0.25, -0.2) is 9.37 Å². The molecule has 0 radical (unpaired) electrons. The number of hydrogen-bond acceptors (Lipinski definition) is 6. The van der Waals surface area contributed by atoms with Gasteiger partial charge in [0.2, 0.25) is 5.91 Å². The normalized spacial score (nSPS) is 31.7. The van der Waals surface area contributed by atoms with Crippen molar-refractivity contribution in [3.05, 3.63) is 57.6 Å². The first-order valence-electron chi connectivity index (χ1n) is 15.3. The Kier molecular flexibility index (Phi) is 8.17. The quantitative estimate of drug-likeness (QED) is 0.327. The zero-order valence-electron chi connectivity index (χ0n) is 24.5. The molecule has 2 aliphatic carbocycles. The van der Waals surface area contributed by atoms with Gasteiger partial charge in [0.1, 0.15) is 11.9 Å². The molecule has 2 aromatic rings. The average molecular weight is 634 g/mol. The number of anilines is 1. The minimum Gasteiger partial charge on any atom is -0.394 e. The number of aliphatic hydroxyl groups excluding tert-OH is 2. The summed E-state index contributed by atoms with van der Waals surface area (Å²) in [7, 11) is 0. The first kappa shape index (κ1) is 30.9. The Morgan fingerprint density at radius 3 is 2.60 bits per heavy atom. The highest BCUT2D eigenvalue weighted by Crippen LogP contribution is 2.72. The zero-order chi connectivity index (χ0) is 30.7. The molecule has 1 saturated heterocycles. The number of ketones is 1. The Bertz CT molecular complexity index is 1420. The van der Waals surface area contributed by atoms with Gasteiger partial charge in [-0.15, -0.1) is 0 Å². The van der Waals surface area contributed by atoms with Gasteiger partial charge in [-0.2, -0.15) is 0 Å². The second-order valence-corrected chi connectivity index (χ2v) is 14.7. The molecule has 3 heterocycles. The van der Waals surface area contributed by atoms with Crippen molar-refractivity contribution in [1.29, 1.82) is 0 Å². The van der Waals surface area contributed by atoms with E-state index in [0.717, 1.165) is 31.2 Å². The van der Waals surface area contributed by atoms with E-state index in [1.807, 2.05) is 6.07 Å². The molecular formula is C33H39Cl2FN2O5. The number of amides is 1. The Morgan fingerprint density at radius 2 is 1.93 bits per heavy atom. The number of nitrogens with zero attached hydrogens (tertiary/aromatic N) is 1. The van der Waals surface area contributed by atoms with E-state index < -0.39 is 40.7 Å². The van der Waals surface area contributed by atoms with Crippen molar-refractivity contribution in [2.75, 3.05) is 18.5 Å². The van der Waals surface area contributed by atoms with Crippen LogP contribution in [0.2, 0.25) is 10.2 Å². The number of rotatable bonds is 6. The number of aliphatic hydroxyl groups is 2. The van der Waals surface area contributed by atoms with Crippen LogP contribution in [0.5, 0.6) is 0 Å². The van der Waals surface area contributed by atoms with Crippen molar-refractivity contribution in [1.82, 2.24) is 4.98 Å². The van der Waals surface area contributed by atoms with Gasteiger partial charge in [0, 0.05) is 35.2 Å². The number of nitrogens with one attached hydrogen (secondary N) is 1. The summed E-state index contributed by atoms with van der Waals surface area (Å²) in [5.74, 6) is -2.46. The van der Waals surface area contributed by atoms with Crippen LogP contribution in [-0.2, 0) is 19.7 Å². The van der Waals surface area contributed by atoms with Crippen molar-refractivity contribution < 1.29 is 28.9 Å². The predicted molar refractivity (Wildman–Crippen MR) is 162 cm³/mol. The van der Waals surface area contributed by atoms with Crippen LogP contribution in [0, 0.1) is 28.5 Å². The summed E-state index contributed by atoms with van der Waals surface area (Å²) in [6.45, 7) is 4.37. The highest BCUT2D eigenvalue weighted by molar-refractivity contribution is 6.31. The highest BCUT2D eigenvalue weighted by Gasteiger charge is 2.72. The molecule has 43 heavy (non-hydrogen) atoms. The summed E-state index contributed by atoms with van der Waals surface area (Å²) in [4.78, 5) is 33.0. The molecule has 4 aliphatic rings. The molecule has 2 saturated carbocycles. The Morgan fingerprint density at radius 1 is 1.19 bits per heavy atom. The number of fused-ring (bicyclic) bond motifs is 3. The molecule has 1 aromatic heterocycles. The summed E-state index contributed by atoms with van der Waals surface area (Å²) in [6, 6.07) is 6.95. The minimum absolute atomic E-state index is 0.0246. The number of carbonyl (C=O) groups is 2. The molecule has 1 aromatic carbocycles. The molecule has 1 amide bonds. The summed E-state index contributed by atoms with van der Waals surface area (Å²) in [6.07, 6.45) is 5.10. The smallest absolute Gasteiger partial charge is 0.236 e. The van der Waals surface area contributed by atoms with Gasteiger partial charge in [-0.05, 0) is 91.0 Å². The monoisotopic (exact) mass is 632 g/mol. The van der Waals surface area contributed by atoms with Crippen LogP contribution >= 0.6 is 23.2 Å². The van der Waals surface area contributed by atoms with E-state index in [9.17, 15) is 19.8 Å². The zero-order valence-corrected chi connectivity index (χ0v) is 26.1. The lowest BCUT2D eigenvalue weighted by Crippen LogP contribution is -2.52. The van der Waals surface area contributed by atoms with Crippen LogP contribution < -0.4 is 5.32 Å². The third-order valence-electron chi connectivity index (χ3n) is 11.0. The van der Waals surface area contributed by atoms with Crippen molar-refractivity contribution in [3.63, 3.8) is 0 Å². The van der Waals surface area contributed by atoms with Crippen molar-refractivity contribution in [3.8, 4) is 0 Å². The maximum absolute atomic E-state index is 16.1. The Labute approximate surface area is 261 Å². The summed E-state index contributed by atoms with van der Waals surface area (Å²) < 4.78 is 21.9. The maximum Gasteiger partial charge on any atom is 0.236 e. The van der Waals surface area contributed by atoms with Crippen molar-refractivity contribution in [2.45, 2.75) is 88.8 Å². The largest absolute Gasteiger partial charge is 0.394 e. The van der Waals surface area contributed by atoms with Crippen LogP contribution in [0.15, 0.2) is 30.5 Å². The molecule has 3 N–H and O–H groups in total. The molecule has 2 aliphatic heterocycles. The van der Waals surface area contributed by atoms with Crippen LogP contribution in [0.25, 0.3) is 0 Å². The lowest BCUT2D eigenvalue weighted by molar-refractivity contribution is -0.129. The first-order valence-corrected chi connectivity index (χ1v) is 16.0. The fraction of sp³-hybridized carbons (Fsp3) is 0.606. The van der Waals surface area contributed by atoms with Gasteiger partial charge in [-0.1, -0.05) is 43.1 Å².